The zero-order valence-electron chi connectivity index (χ0n) is 14.2. The maximum absolute atomic E-state index is 12.9. The highest BCUT2D eigenvalue weighted by atomic mass is 19.1. The molecule has 1 aliphatic heterocycles. The van der Waals surface area contributed by atoms with E-state index in [1.807, 2.05) is 24.3 Å². The first-order chi connectivity index (χ1) is 12.5. The molecule has 1 heterocycles. The minimum Gasteiger partial charge on any atom is -0.488 e. The lowest BCUT2D eigenvalue weighted by molar-refractivity contribution is -0.151. The Hall–Kier alpha value is -3.15. The molecular weight excluding hydrogens is 337 g/mol. The number of fused-ring (bicyclic) bond motifs is 1. The normalized spacial score (nSPS) is 13.7. The minimum atomic E-state index is -0.957. The van der Waals surface area contributed by atoms with Gasteiger partial charge in [-0.25, -0.2) is 9.18 Å². The second-order valence-corrected chi connectivity index (χ2v) is 5.89. The number of halogens is 1. The van der Waals surface area contributed by atoms with E-state index in [2.05, 4.69) is 5.32 Å². The van der Waals surface area contributed by atoms with Crippen LogP contribution in [-0.2, 0) is 20.9 Å². The topological polar surface area (TPSA) is 64.6 Å². The van der Waals surface area contributed by atoms with Crippen LogP contribution < -0.4 is 10.1 Å². The number of carbonyl (C=O) groups is 2. The Balaban J connectivity index is 1.54. The SMILES string of the molecule is C[C@@H](OC(=O)C1=Cc2ccccc2OC1)C(=O)NCc1ccc(F)cc1. The van der Waals surface area contributed by atoms with E-state index in [1.165, 1.54) is 19.1 Å². The van der Waals surface area contributed by atoms with Gasteiger partial charge in [-0.15, -0.1) is 0 Å². The Morgan fingerprint density at radius 2 is 1.92 bits per heavy atom. The van der Waals surface area contributed by atoms with Crippen LogP contribution >= 0.6 is 0 Å². The van der Waals surface area contributed by atoms with E-state index in [-0.39, 0.29) is 19.0 Å². The molecule has 6 heteroatoms. The first-order valence-corrected chi connectivity index (χ1v) is 8.18. The van der Waals surface area contributed by atoms with Crippen molar-refractivity contribution in [2.45, 2.75) is 19.6 Å². The summed E-state index contributed by atoms with van der Waals surface area (Å²) in [5.74, 6) is -0.662. The Bertz CT molecular complexity index is 845. The maximum Gasteiger partial charge on any atom is 0.338 e. The van der Waals surface area contributed by atoms with Crippen LogP contribution in [0.15, 0.2) is 54.1 Å². The van der Waals surface area contributed by atoms with E-state index in [1.54, 1.807) is 18.2 Å². The number of rotatable bonds is 5. The van der Waals surface area contributed by atoms with Gasteiger partial charge in [-0.3, -0.25) is 4.79 Å². The van der Waals surface area contributed by atoms with Gasteiger partial charge in [-0.05, 0) is 36.8 Å². The highest BCUT2D eigenvalue weighted by molar-refractivity contribution is 5.96. The lowest BCUT2D eigenvalue weighted by atomic mass is 10.1. The molecule has 0 saturated carbocycles. The van der Waals surface area contributed by atoms with Crippen molar-refractivity contribution in [1.82, 2.24) is 5.32 Å². The van der Waals surface area contributed by atoms with Crippen molar-refractivity contribution in [3.8, 4) is 5.75 Å². The van der Waals surface area contributed by atoms with Gasteiger partial charge in [-0.2, -0.15) is 0 Å². The zero-order valence-corrected chi connectivity index (χ0v) is 14.2. The first kappa shape index (κ1) is 17.7. The molecule has 3 rings (SSSR count). The standard InChI is InChI=1S/C20H18FNO4/c1-13(19(23)22-11-14-6-8-17(21)9-7-14)26-20(24)16-10-15-4-2-3-5-18(15)25-12-16/h2-10,13H,11-12H2,1H3,(H,22,23)/t13-/m1/s1. The Labute approximate surface area is 150 Å². The van der Waals surface area contributed by atoms with Crippen LogP contribution in [0, 0.1) is 5.82 Å². The van der Waals surface area contributed by atoms with E-state index in [0.717, 1.165) is 11.1 Å². The average Bonchev–Trinajstić information content (AvgIpc) is 2.66. The molecule has 0 aliphatic carbocycles. The van der Waals surface area contributed by atoms with Gasteiger partial charge < -0.3 is 14.8 Å². The molecule has 0 unspecified atom stereocenters. The molecule has 0 bridgehead atoms. The van der Waals surface area contributed by atoms with Gasteiger partial charge in [0.15, 0.2) is 6.10 Å². The van der Waals surface area contributed by atoms with E-state index in [9.17, 15) is 14.0 Å². The number of carbonyl (C=O) groups excluding carboxylic acids is 2. The third-order valence-electron chi connectivity index (χ3n) is 3.93. The summed E-state index contributed by atoms with van der Waals surface area (Å²) in [4.78, 5) is 24.3. The fraction of sp³-hybridized carbons (Fsp3) is 0.200. The van der Waals surface area contributed by atoms with Crippen LogP contribution in [0.25, 0.3) is 6.08 Å². The van der Waals surface area contributed by atoms with Gasteiger partial charge >= 0.3 is 5.97 Å². The molecule has 0 radical (unpaired) electrons. The van der Waals surface area contributed by atoms with Crippen LogP contribution in [0.2, 0.25) is 0 Å². The highest BCUT2D eigenvalue weighted by Crippen LogP contribution is 2.26. The molecule has 0 saturated heterocycles. The minimum absolute atomic E-state index is 0.0970. The van der Waals surface area contributed by atoms with E-state index < -0.39 is 18.0 Å². The van der Waals surface area contributed by atoms with Crippen molar-refractivity contribution in [3.63, 3.8) is 0 Å². The lowest BCUT2D eigenvalue weighted by Gasteiger charge is -2.19. The predicted molar refractivity (Wildman–Crippen MR) is 93.7 cm³/mol. The Kier molecular flexibility index (Phi) is 5.31. The highest BCUT2D eigenvalue weighted by Gasteiger charge is 2.23. The molecule has 0 aromatic heterocycles. The fourth-order valence-electron chi connectivity index (χ4n) is 2.46. The Morgan fingerprint density at radius 3 is 2.69 bits per heavy atom. The molecule has 1 N–H and O–H groups in total. The number of amides is 1. The molecule has 1 aliphatic rings. The third kappa shape index (κ3) is 4.27. The zero-order chi connectivity index (χ0) is 18.5. The summed E-state index contributed by atoms with van der Waals surface area (Å²) < 4.78 is 23.6. The van der Waals surface area contributed by atoms with Gasteiger partial charge in [-0.1, -0.05) is 30.3 Å². The molecule has 134 valence electrons. The summed E-state index contributed by atoms with van der Waals surface area (Å²) >= 11 is 0. The summed E-state index contributed by atoms with van der Waals surface area (Å²) in [5.41, 5.74) is 1.89. The van der Waals surface area contributed by atoms with Gasteiger partial charge in [0.1, 0.15) is 18.2 Å². The van der Waals surface area contributed by atoms with Crippen molar-refractivity contribution >= 4 is 18.0 Å². The molecule has 5 nitrogen and oxygen atoms in total. The summed E-state index contributed by atoms with van der Waals surface area (Å²) in [7, 11) is 0. The molecular formula is C20H18FNO4. The number of ether oxygens (including phenoxy) is 2. The Morgan fingerprint density at radius 1 is 1.19 bits per heavy atom. The van der Waals surface area contributed by atoms with Crippen molar-refractivity contribution in [1.29, 1.82) is 0 Å². The monoisotopic (exact) mass is 355 g/mol. The summed E-state index contributed by atoms with van der Waals surface area (Å²) in [5, 5.41) is 2.65. The van der Waals surface area contributed by atoms with E-state index in [4.69, 9.17) is 9.47 Å². The predicted octanol–water partition coefficient (Wildman–Crippen LogP) is 2.85. The number of hydrogen-bond acceptors (Lipinski definition) is 4. The smallest absolute Gasteiger partial charge is 0.338 e. The van der Waals surface area contributed by atoms with Crippen molar-refractivity contribution in [2.75, 3.05) is 6.61 Å². The number of para-hydroxylation sites is 1. The molecule has 2 aromatic rings. The summed E-state index contributed by atoms with van der Waals surface area (Å²) in [6, 6.07) is 13.1. The van der Waals surface area contributed by atoms with Crippen LogP contribution in [0.5, 0.6) is 5.75 Å². The number of hydrogen-bond donors (Lipinski definition) is 1. The van der Waals surface area contributed by atoms with E-state index in [0.29, 0.717) is 11.3 Å². The summed E-state index contributed by atoms with van der Waals surface area (Å²) in [6.45, 7) is 1.82. The number of esters is 1. The number of benzene rings is 2. The average molecular weight is 355 g/mol. The molecule has 26 heavy (non-hydrogen) atoms. The van der Waals surface area contributed by atoms with Gasteiger partial charge in [0, 0.05) is 12.1 Å². The number of nitrogens with one attached hydrogen (secondary N) is 1. The van der Waals surface area contributed by atoms with Gasteiger partial charge in [0.2, 0.25) is 0 Å². The van der Waals surface area contributed by atoms with Crippen LogP contribution in [0.1, 0.15) is 18.1 Å². The molecule has 0 spiro atoms. The van der Waals surface area contributed by atoms with Crippen LogP contribution in [0.3, 0.4) is 0 Å². The van der Waals surface area contributed by atoms with Gasteiger partial charge in [0.05, 0.1) is 5.57 Å². The quantitative estimate of drug-likeness (QED) is 0.838. The van der Waals surface area contributed by atoms with Crippen molar-refractivity contribution < 1.29 is 23.5 Å². The van der Waals surface area contributed by atoms with Crippen molar-refractivity contribution in [2.24, 2.45) is 0 Å². The van der Waals surface area contributed by atoms with E-state index >= 15 is 0 Å². The van der Waals surface area contributed by atoms with Crippen molar-refractivity contribution in [3.05, 3.63) is 71.0 Å². The second-order valence-electron chi connectivity index (χ2n) is 5.89. The fourth-order valence-corrected chi connectivity index (χ4v) is 2.46. The van der Waals surface area contributed by atoms with Gasteiger partial charge in [0.25, 0.3) is 5.91 Å². The first-order valence-electron chi connectivity index (χ1n) is 8.18. The molecule has 0 fully saturated rings. The maximum atomic E-state index is 12.9. The second kappa shape index (κ2) is 7.82. The lowest BCUT2D eigenvalue weighted by Crippen LogP contribution is -2.36. The summed E-state index contributed by atoms with van der Waals surface area (Å²) in [6.07, 6.45) is 0.741. The largest absolute Gasteiger partial charge is 0.488 e. The molecule has 2 aromatic carbocycles. The third-order valence-corrected chi connectivity index (χ3v) is 3.93. The van der Waals surface area contributed by atoms with Crippen LogP contribution in [0.4, 0.5) is 4.39 Å². The molecule has 1 amide bonds. The van der Waals surface area contributed by atoms with Crippen LogP contribution in [-0.4, -0.2) is 24.6 Å². The molecule has 1 atom stereocenters.